The lowest BCUT2D eigenvalue weighted by atomic mass is 9.98. The summed E-state index contributed by atoms with van der Waals surface area (Å²) < 4.78 is 5.06. The van der Waals surface area contributed by atoms with Crippen LogP contribution in [0.4, 0.5) is 9.93 Å². The number of rotatable bonds is 3. The molecular weight excluding hydrogens is 308 g/mol. The van der Waals surface area contributed by atoms with E-state index >= 15 is 0 Å². The van der Waals surface area contributed by atoms with E-state index in [1.807, 2.05) is 16.5 Å². The molecule has 1 aliphatic heterocycles. The molecule has 6 nitrogen and oxygen atoms in total. The molecule has 2 aromatic rings. The van der Waals surface area contributed by atoms with Gasteiger partial charge >= 0.3 is 6.03 Å². The molecule has 0 aromatic carbocycles. The van der Waals surface area contributed by atoms with Crippen molar-refractivity contribution in [1.29, 1.82) is 0 Å². The SMILES string of the molecule is COc1cnc(NC(=O)N2CCC(c3nccs3)CC2)s1. The normalized spacial score (nSPS) is 16.0. The molecule has 112 valence electrons. The van der Waals surface area contributed by atoms with Crippen molar-refractivity contribution in [2.45, 2.75) is 18.8 Å². The summed E-state index contributed by atoms with van der Waals surface area (Å²) in [4.78, 5) is 22.5. The summed E-state index contributed by atoms with van der Waals surface area (Å²) >= 11 is 3.02. The van der Waals surface area contributed by atoms with Gasteiger partial charge in [-0.1, -0.05) is 11.3 Å². The monoisotopic (exact) mass is 324 g/mol. The van der Waals surface area contributed by atoms with Gasteiger partial charge in [-0.15, -0.1) is 11.3 Å². The highest BCUT2D eigenvalue weighted by molar-refractivity contribution is 7.17. The summed E-state index contributed by atoms with van der Waals surface area (Å²) in [6.45, 7) is 1.50. The predicted molar refractivity (Wildman–Crippen MR) is 83.3 cm³/mol. The highest BCUT2D eigenvalue weighted by Gasteiger charge is 2.25. The summed E-state index contributed by atoms with van der Waals surface area (Å²) in [6.07, 6.45) is 5.37. The van der Waals surface area contributed by atoms with Crippen LogP contribution in [0.2, 0.25) is 0 Å². The van der Waals surface area contributed by atoms with Gasteiger partial charge in [0.25, 0.3) is 0 Å². The van der Waals surface area contributed by atoms with Gasteiger partial charge in [-0.2, -0.15) is 0 Å². The predicted octanol–water partition coefficient (Wildman–Crippen LogP) is 3.02. The number of aromatic nitrogens is 2. The minimum absolute atomic E-state index is 0.0930. The Kier molecular flexibility index (Phi) is 4.35. The second kappa shape index (κ2) is 6.40. The van der Waals surface area contributed by atoms with E-state index in [0.717, 1.165) is 25.9 Å². The van der Waals surface area contributed by atoms with Gasteiger partial charge < -0.3 is 9.64 Å². The van der Waals surface area contributed by atoms with Crippen molar-refractivity contribution in [3.63, 3.8) is 0 Å². The molecule has 3 rings (SSSR count). The molecule has 0 radical (unpaired) electrons. The van der Waals surface area contributed by atoms with Crippen molar-refractivity contribution < 1.29 is 9.53 Å². The number of anilines is 1. The molecule has 1 fully saturated rings. The Morgan fingerprint density at radius 2 is 2.24 bits per heavy atom. The van der Waals surface area contributed by atoms with Crippen LogP contribution in [0.5, 0.6) is 5.06 Å². The zero-order chi connectivity index (χ0) is 14.7. The highest BCUT2D eigenvalue weighted by atomic mass is 32.1. The number of hydrogen-bond donors (Lipinski definition) is 1. The van der Waals surface area contributed by atoms with E-state index in [0.29, 0.717) is 16.1 Å². The Morgan fingerprint density at radius 1 is 1.43 bits per heavy atom. The van der Waals surface area contributed by atoms with Crippen LogP contribution < -0.4 is 10.1 Å². The van der Waals surface area contributed by atoms with Gasteiger partial charge in [-0.25, -0.2) is 14.8 Å². The molecule has 0 unspecified atom stereocenters. The third kappa shape index (κ3) is 3.33. The van der Waals surface area contributed by atoms with Crippen molar-refractivity contribution in [1.82, 2.24) is 14.9 Å². The van der Waals surface area contributed by atoms with E-state index < -0.39 is 0 Å². The molecule has 3 heterocycles. The number of hydrogen-bond acceptors (Lipinski definition) is 6. The zero-order valence-electron chi connectivity index (χ0n) is 11.6. The summed E-state index contributed by atoms with van der Waals surface area (Å²) in [6, 6.07) is -0.0930. The molecule has 1 aliphatic rings. The third-order valence-electron chi connectivity index (χ3n) is 3.48. The number of amides is 2. The number of thiazole rings is 2. The molecule has 8 heteroatoms. The van der Waals surface area contributed by atoms with Crippen LogP contribution in [-0.4, -0.2) is 41.1 Å². The molecular formula is C13H16N4O2S2. The average molecular weight is 324 g/mol. The first-order valence-corrected chi connectivity index (χ1v) is 8.41. The fourth-order valence-electron chi connectivity index (χ4n) is 2.35. The van der Waals surface area contributed by atoms with Crippen LogP contribution in [-0.2, 0) is 0 Å². The number of methoxy groups -OCH3 is 1. The first-order chi connectivity index (χ1) is 10.3. The molecule has 1 saturated heterocycles. The second-order valence-electron chi connectivity index (χ2n) is 4.75. The summed E-state index contributed by atoms with van der Waals surface area (Å²) in [5.41, 5.74) is 0. The van der Waals surface area contributed by atoms with E-state index in [9.17, 15) is 4.79 Å². The van der Waals surface area contributed by atoms with Gasteiger partial charge in [0.05, 0.1) is 18.3 Å². The Hall–Kier alpha value is -1.67. The maximum Gasteiger partial charge on any atom is 0.323 e. The average Bonchev–Trinajstić information content (AvgIpc) is 3.19. The van der Waals surface area contributed by atoms with E-state index in [1.165, 1.54) is 16.3 Å². The first kappa shape index (κ1) is 14.3. The van der Waals surface area contributed by atoms with Crippen LogP contribution in [0.15, 0.2) is 17.8 Å². The number of urea groups is 1. The number of nitrogens with one attached hydrogen (secondary N) is 1. The molecule has 21 heavy (non-hydrogen) atoms. The Labute approximate surface area is 130 Å². The van der Waals surface area contributed by atoms with Crippen LogP contribution in [0.25, 0.3) is 0 Å². The van der Waals surface area contributed by atoms with Crippen LogP contribution in [0.3, 0.4) is 0 Å². The smallest absolute Gasteiger partial charge is 0.323 e. The van der Waals surface area contributed by atoms with Gasteiger partial charge in [0.2, 0.25) is 0 Å². The molecule has 2 amide bonds. The highest BCUT2D eigenvalue weighted by Crippen LogP contribution is 2.30. The van der Waals surface area contributed by atoms with E-state index in [4.69, 9.17) is 4.74 Å². The van der Waals surface area contributed by atoms with Gasteiger partial charge in [0, 0.05) is 30.6 Å². The third-order valence-corrected chi connectivity index (χ3v) is 5.29. The molecule has 1 N–H and O–H groups in total. The Balaban J connectivity index is 1.53. The number of likely N-dealkylation sites (tertiary alicyclic amines) is 1. The minimum Gasteiger partial charge on any atom is -0.486 e. The fourth-order valence-corrected chi connectivity index (χ4v) is 3.78. The zero-order valence-corrected chi connectivity index (χ0v) is 13.2. The topological polar surface area (TPSA) is 67.3 Å². The van der Waals surface area contributed by atoms with Gasteiger partial charge in [0.15, 0.2) is 10.2 Å². The molecule has 2 aromatic heterocycles. The molecule has 0 atom stereocenters. The molecule has 0 aliphatic carbocycles. The van der Waals surface area contributed by atoms with E-state index in [1.54, 1.807) is 24.6 Å². The molecule has 0 spiro atoms. The fraction of sp³-hybridized carbons (Fsp3) is 0.462. The number of piperidine rings is 1. The largest absolute Gasteiger partial charge is 0.486 e. The first-order valence-electron chi connectivity index (χ1n) is 6.71. The van der Waals surface area contributed by atoms with Crippen molar-refractivity contribution in [3.05, 3.63) is 22.8 Å². The quantitative estimate of drug-likeness (QED) is 0.942. The standard InChI is InChI=1S/C13H16N4O2S2/c1-19-10-8-15-12(21-10)16-13(18)17-5-2-9(3-6-17)11-14-4-7-20-11/h4,7-9H,2-3,5-6H2,1H3,(H,15,16,18). The van der Waals surface area contributed by atoms with Gasteiger partial charge in [-0.3, -0.25) is 5.32 Å². The van der Waals surface area contributed by atoms with Crippen molar-refractivity contribution in [2.75, 3.05) is 25.5 Å². The summed E-state index contributed by atoms with van der Waals surface area (Å²) in [5, 5.41) is 7.26. The van der Waals surface area contributed by atoms with Crippen molar-refractivity contribution >= 4 is 33.8 Å². The molecule has 0 saturated carbocycles. The van der Waals surface area contributed by atoms with Crippen LogP contribution in [0, 0.1) is 0 Å². The van der Waals surface area contributed by atoms with Crippen molar-refractivity contribution in [3.8, 4) is 5.06 Å². The second-order valence-corrected chi connectivity index (χ2v) is 6.67. The maximum absolute atomic E-state index is 12.2. The van der Waals surface area contributed by atoms with Crippen LogP contribution >= 0.6 is 22.7 Å². The lowest BCUT2D eigenvalue weighted by molar-refractivity contribution is 0.194. The Morgan fingerprint density at radius 3 is 2.86 bits per heavy atom. The van der Waals surface area contributed by atoms with Crippen molar-refractivity contribution in [2.24, 2.45) is 0 Å². The number of carbonyl (C=O) groups excluding carboxylic acids is 1. The number of ether oxygens (including phenoxy) is 1. The number of nitrogens with zero attached hydrogens (tertiary/aromatic N) is 3. The number of carbonyl (C=O) groups is 1. The lowest BCUT2D eigenvalue weighted by Gasteiger charge is -2.30. The lowest BCUT2D eigenvalue weighted by Crippen LogP contribution is -2.40. The minimum atomic E-state index is -0.0930. The summed E-state index contributed by atoms with van der Waals surface area (Å²) in [7, 11) is 1.59. The Bertz CT molecular complexity index is 591. The van der Waals surface area contributed by atoms with Crippen LogP contribution in [0.1, 0.15) is 23.8 Å². The maximum atomic E-state index is 12.2. The van der Waals surface area contributed by atoms with E-state index in [-0.39, 0.29) is 6.03 Å². The van der Waals surface area contributed by atoms with E-state index in [2.05, 4.69) is 15.3 Å². The van der Waals surface area contributed by atoms with Gasteiger partial charge in [-0.05, 0) is 12.8 Å². The molecule has 0 bridgehead atoms. The van der Waals surface area contributed by atoms with Gasteiger partial charge in [0.1, 0.15) is 0 Å². The summed E-state index contributed by atoms with van der Waals surface area (Å²) in [5.74, 6) is 0.481.